The summed E-state index contributed by atoms with van der Waals surface area (Å²) < 4.78 is 81.5. The summed E-state index contributed by atoms with van der Waals surface area (Å²) in [5, 5.41) is 31.5. The van der Waals surface area contributed by atoms with E-state index in [0.717, 1.165) is 63.5 Å². The quantitative estimate of drug-likeness (QED) is 0.0426. The van der Waals surface area contributed by atoms with Gasteiger partial charge in [0.05, 0.1) is 23.9 Å². The molecule has 0 unspecified atom stereocenters. The Morgan fingerprint density at radius 3 is 1.49 bits per heavy atom. The number of aliphatic hydroxyl groups is 2. The normalized spacial score (nSPS) is 16.9. The molecule has 0 heterocycles. The highest BCUT2D eigenvalue weighted by Crippen LogP contribution is 2.32. The SMILES string of the molecule is CCc1ccc2c(c1)[C@@H](NC[C@@H](O)[C@@H](N)Cc1cc(F)cc(F)c1)CCC2.CCc1ccc2c(c1)[C@@H](NC[C@@H](O)[C@H](Cc1cc(F)cc(F)c1)Nc1ccccc1F)CCC2.Fc1ccccc1I. The lowest BCUT2D eigenvalue weighted by atomic mass is 9.86. The lowest BCUT2D eigenvalue weighted by molar-refractivity contribution is 0.136. The number of nitrogens with two attached hydrogens (primary N) is 1. The van der Waals surface area contributed by atoms with E-state index < -0.39 is 53.4 Å². The number of halogens is 7. The molecule has 0 spiro atoms. The fourth-order valence-electron chi connectivity index (χ4n) is 9.00. The molecule has 2 aliphatic carbocycles. The van der Waals surface area contributed by atoms with Crippen molar-refractivity contribution in [1.29, 1.82) is 0 Å². The van der Waals surface area contributed by atoms with Crippen LogP contribution in [0.1, 0.15) is 96.1 Å². The molecule has 6 atom stereocenters. The predicted octanol–water partition coefficient (Wildman–Crippen LogP) is 11.6. The van der Waals surface area contributed by atoms with Crippen LogP contribution in [0.5, 0.6) is 0 Å². The van der Waals surface area contributed by atoms with Crippen molar-refractivity contribution in [3.8, 4) is 0 Å². The molecule has 0 radical (unpaired) electrons. The molecule has 0 aromatic heterocycles. The van der Waals surface area contributed by atoms with Crippen LogP contribution < -0.4 is 21.7 Å². The van der Waals surface area contributed by atoms with E-state index >= 15 is 0 Å². The molecular weight excluding hydrogens is 1000 g/mol. The van der Waals surface area contributed by atoms with Crippen LogP contribution in [-0.2, 0) is 38.5 Å². The van der Waals surface area contributed by atoms with Gasteiger partial charge in [0.15, 0.2) is 0 Å². The maximum Gasteiger partial charge on any atom is 0.146 e. The van der Waals surface area contributed by atoms with Gasteiger partial charge < -0.3 is 31.9 Å². The number of aryl methyl sites for hydroxylation is 4. The largest absolute Gasteiger partial charge is 0.390 e. The zero-order valence-electron chi connectivity index (χ0n) is 39.1. The second-order valence-electron chi connectivity index (χ2n) is 17.9. The molecule has 0 aliphatic heterocycles. The maximum absolute atomic E-state index is 14.3. The smallest absolute Gasteiger partial charge is 0.146 e. The zero-order valence-corrected chi connectivity index (χ0v) is 41.3. The first kappa shape index (κ1) is 53.6. The van der Waals surface area contributed by atoms with Gasteiger partial charge >= 0.3 is 0 Å². The Labute approximate surface area is 416 Å². The summed E-state index contributed by atoms with van der Waals surface area (Å²) in [6.07, 6.45) is 6.89. The summed E-state index contributed by atoms with van der Waals surface area (Å²) in [5.41, 5.74) is 15.0. The summed E-state index contributed by atoms with van der Waals surface area (Å²) in [6.45, 7) is 4.87. The third kappa shape index (κ3) is 16.1. The topological polar surface area (TPSA) is 103 Å². The van der Waals surface area contributed by atoms with Crippen molar-refractivity contribution in [3.05, 3.63) is 204 Å². The fraction of sp³-hybridized carbons (Fsp3) is 0.357. The summed E-state index contributed by atoms with van der Waals surface area (Å²) in [6, 6.07) is 31.8. The van der Waals surface area contributed by atoms with E-state index in [1.54, 1.807) is 30.3 Å². The van der Waals surface area contributed by atoms with Gasteiger partial charge in [-0.3, -0.25) is 0 Å². The monoisotopic (exact) mass is 1060 g/mol. The number of rotatable bonds is 16. The van der Waals surface area contributed by atoms with E-state index in [2.05, 4.69) is 66.2 Å². The number of fused-ring (bicyclic) bond motifs is 2. The third-order valence-electron chi connectivity index (χ3n) is 12.8. The van der Waals surface area contributed by atoms with Gasteiger partial charge in [-0.05, 0) is 180 Å². The highest BCUT2D eigenvalue weighted by molar-refractivity contribution is 14.1. The molecule has 13 heteroatoms. The van der Waals surface area contributed by atoms with Crippen LogP contribution in [0.4, 0.5) is 32.0 Å². The molecule has 0 saturated carbocycles. The molecule has 0 saturated heterocycles. The Morgan fingerprint density at radius 1 is 0.565 bits per heavy atom. The van der Waals surface area contributed by atoms with Gasteiger partial charge in [-0.2, -0.15) is 0 Å². The molecule has 0 fully saturated rings. The van der Waals surface area contributed by atoms with E-state index in [1.165, 1.54) is 69.8 Å². The van der Waals surface area contributed by atoms with Gasteiger partial charge in [0.2, 0.25) is 0 Å². The van der Waals surface area contributed by atoms with Crippen molar-refractivity contribution in [2.24, 2.45) is 5.73 Å². The number of aliphatic hydroxyl groups excluding tert-OH is 2. The van der Waals surface area contributed by atoms with Gasteiger partial charge in [-0.15, -0.1) is 0 Å². The van der Waals surface area contributed by atoms with Gasteiger partial charge in [-0.1, -0.05) is 74.5 Å². The Kier molecular flexibility index (Phi) is 20.5. The molecule has 6 nitrogen and oxygen atoms in total. The first-order chi connectivity index (χ1) is 33.2. The van der Waals surface area contributed by atoms with Gasteiger partial charge in [0.25, 0.3) is 0 Å². The van der Waals surface area contributed by atoms with Crippen molar-refractivity contribution in [1.82, 2.24) is 10.6 Å². The summed E-state index contributed by atoms with van der Waals surface area (Å²) >= 11 is 1.95. The molecule has 8 rings (SSSR count). The van der Waals surface area contributed by atoms with Crippen LogP contribution in [0.3, 0.4) is 0 Å². The van der Waals surface area contributed by atoms with Gasteiger partial charge in [0.1, 0.15) is 34.9 Å². The van der Waals surface area contributed by atoms with Crippen LogP contribution in [0, 0.1) is 38.5 Å². The predicted molar refractivity (Wildman–Crippen MR) is 272 cm³/mol. The van der Waals surface area contributed by atoms with Crippen LogP contribution >= 0.6 is 22.6 Å². The minimum absolute atomic E-state index is 0.116. The first-order valence-corrected chi connectivity index (χ1v) is 24.9. The van der Waals surface area contributed by atoms with Crippen molar-refractivity contribution in [2.45, 2.75) is 114 Å². The number of hydrogen-bond acceptors (Lipinski definition) is 6. The van der Waals surface area contributed by atoms with Crippen molar-refractivity contribution in [3.63, 3.8) is 0 Å². The van der Waals surface area contributed by atoms with Crippen LogP contribution in [-0.4, -0.2) is 47.6 Å². The molecule has 69 heavy (non-hydrogen) atoms. The Bertz CT molecular complexity index is 2520. The summed E-state index contributed by atoms with van der Waals surface area (Å²) in [5.74, 6) is -3.22. The number of hydrogen-bond donors (Lipinski definition) is 6. The van der Waals surface area contributed by atoms with E-state index in [1.807, 2.05) is 28.7 Å². The molecular formula is C56H63F6IN4O2. The highest BCUT2D eigenvalue weighted by Gasteiger charge is 2.26. The summed E-state index contributed by atoms with van der Waals surface area (Å²) in [4.78, 5) is 0. The van der Waals surface area contributed by atoms with E-state index in [0.29, 0.717) is 21.2 Å². The minimum Gasteiger partial charge on any atom is -0.390 e. The van der Waals surface area contributed by atoms with Gasteiger partial charge in [-0.25, -0.2) is 26.3 Å². The lowest BCUT2D eigenvalue weighted by Crippen LogP contribution is -2.44. The molecule has 6 aromatic rings. The summed E-state index contributed by atoms with van der Waals surface area (Å²) in [7, 11) is 0. The maximum atomic E-state index is 14.3. The Hall–Kier alpha value is -4.77. The second kappa shape index (κ2) is 26.4. The van der Waals surface area contributed by atoms with Crippen molar-refractivity contribution < 1.29 is 36.6 Å². The van der Waals surface area contributed by atoms with Crippen LogP contribution in [0.25, 0.3) is 0 Å². The van der Waals surface area contributed by atoms with Crippen LogP contribution in [0.2, 0.25) is 0 Å². The Balaban J connectivity index is 0.000000199. The van der Waals surface area contributed by atoms with E-state index in [9.17, 15) is 36.6 Å². The van der Waals surface area contributed by atoms with Crippen molar-refractivity contribution in [2.75, 3.05) is 18.4 Å². The number of benzene rings is 6. The molecule has 0 bridgehead atoms. The minimum atomic E-state index is -0.925. The van der Waals surface area contributed by atoms with Gasteiger partial charge in [0, 0.05) is 46.9 Å². The Morgan fingerprint density at radius 2 is 1.03 bits per heavy atom. The first-order valence-electron chi connectivity index (χ1n) is 23.8. The zero-order chi connectivity index (χ0) is 49.5. The molecule has 2 aliphatic rings. The molecule has 7 N–H and O–H groups in total. The second-order valence-corrected chi connectivity index (χ2v) is 19.0. The molecule has 6 aromatic carbocycles. The van der Waals surface area contributed by atoms with Crippen LogP contribution in [0.15, 0.2) is 121 Å². The standard InChI is InChI=1S/C28H31F3N2O.C22H28F2N2O.C6H4FI/c1-2-18-10-11-20-6-5-9-25(23(20)14-18)32-17-28(34)27(33-26-8-4-3-7-24(26)31)15-19-12-21(29)16-22(30)13-19;1-2-14-6-7-16-4-3-5-21(19(16)10-14)26-13-22(27)20(25)11-15-8-17(23)12-18(24)9-15;7-5-3-1-2-4-6(5)8/h3-4,7-8,10-14,16,25,27-28,32-34H,2,5-6,9,15,17H2,1H3;6-10,12,20-22,26-27H,2-5,11,13,25H2,1H3;1-4H/t25-,27-,28+;20-,21-,22+;/m00./s1. The average Bonchev–Trinajstić information content (AvgIpc) is 3.33. The number of anilines is 1. The third-order valence-corrected chi connectivity index (χ3v) is 13.7. The lowest BCUT2D eigenvalue weighted by Gasteiger charge is -2.31. The van der Waals surface area contributed by atoms with Crippen molar-refractivity contribution >= 4 is 28.3 Å². The fourth-order valence-corrected chi connectivity index (χ4v) is 9.39. The number of para-hydroxylation sites is 1. The average molecular weight is 1070 g/mol. The highest BCUT2D eigenvalue weighted by atomic mass is 127. The van der Waals surface area contributed by atoms with E-state index in [-0.39, 0.29) is 43.0 Å². The number of nitrogens with one attached hydrogen (secondary N) is 3. The molecule has 368 valence electrons. The molecule has 0 amide bonds. The van der Waals surface area contributed by atoms with E-state index in [4.69, 9.17) is 5.73 Å².